The highest BCUT2D eigenvalue weighted by Crippen LogP contribution is 2.15. The highest BCUT2D eigenvalue weighted by Gasteiger charge is 2.11. The third kappa shape index (κ3) is 3.52. The van der Waals surface area contributed by atoms with Crippen LogP contribution < -0.4 is 15.8 Å². The second kappa shape index (κ2) is 6.76. The van der Waals surface area contributed by atoms with E-state index in [4.69, 9.17) is 0 Å². The van der Waals surface area contributed by atoms with Gasteiger partial charge in [0.2, 0.25) is 5.91 Å². The lowest BCUT2D eigenvalue weighted by atomic mass is 10.2. The van der Waals surface area contributed by atoms with Crippen molar-refractivity contribution < 1.29 is 4.79 Å². The summed E-state index contributed by atoms with van der Waals surface area (Å²) >= 11 is 0. The fraction of sp³-hybridized carbons (Fsp3) is 0.211. The van der Waals surface area contributed by atoms with E-state index in [1.807, 2.05) is 49.3 Å². The summed E-state index contributed by atoms with van der Waals surface area (Å²) in [7, 11) is 3.91. The number of para-hydroxylation sites is 1. The molecule has 0 aliphatic heterocycles. The molecule has 1 N–H and O–H groups in total. The lowest BCUT2D eigenvalue weighted by Gasteiger charge is -2.14. The first-order chi connectivity index (χ1) is 12.0. The second-order valence-electron chi connectivity index (χ2n) is 6.06. The van der Waals surface area contributed by atoms with Crippen LogP contribution in [0.15, 0.2) is 53.3 Å². The van der Waals surface area contributed by atoms with E-state index in [0.717, 1.165) is 5.69 Å². The van der Waals surface area contributed by atoms with Crippen molar-refractivity contribution in [2.45, 2.75) is 13.5 Å². The van der Waals surface area contributed by atoms with E-state index in [1.165, 1.54) is 4.57 Å². The number of fused-ring (bicyclic) bond motifs is 1. The molecule has 25 heavy (non-hydrogen) atoms. The van der Waals surface area contributed by atoms with Crippen molar-refractivity contribution in [3.63, 3.8) is 0 Å². The van der Waals surface area contributed by atoms with Gasteiger partial charge in [0.1, 0.15) is 12.4 Å². The molecule has 3 aromatic rings. The summed E-state index contributed by atoms with van der Waals surface area (Å²) in [6.07, 6.45) is 0. The molecule has 0 saturated carbocycles. The van der Waals surface area contributed by atoms with Crippen LogP contribution in [0.3, 0.4) is 0 Å². The van der Waals surface area contributed by atoms with Crippen LogP contribution in [-0.2, 0) is 11.3 Å². The molecule has 0 saturated heterocycles. The van der Waals surface area contributed by atoms with E-state index in [1.54, 1.807) is 25.1 Å². The van der Waals surface area contributed by atoms with Crippen molar-refractivity contribution in [1.29, 1.82) is 0 Å². The topological polar surface area (TPSA) is 67.2 Å². The van der Waals surface area contributed by atoms with Crippen molar-refractivity contribution in [2.75, 3.05) is 24.3 Å². The summed E-state index contributed by atoms with van der Waals surface area (Å²) in [5.74, 6) is 0.252. The first kappa shape index (κ1) is 16.7. The van der Waals surface area contributed by atoms with E-state index in [0.29, 0.717) is 22.4 Å². The average Bonchev–Trinajstić information content (AvgIpc) is 2.59. The standard InChI is InChI=1S/C19H20N4O2/c1-13-20-17-7-5-4-6-16(17)19(25)23(13)12-18(24)21-14-8-10-15(11-9-14)22(2)3/h4-11H,12H2,1-3H3,(H,21,24). The molecule has 1 aromatic heterocycles. The highest BCUT2D eigenvalue weighted by molar-refractivity contribution is 5.91. The van der Waals surface area contributed by atoms with Gasteiger partial charge in [-0.2, -0.15) is 0 Å². The minimum absolute atomic E-state index is 0.0715. The molecule has 0 fully saturated rings. The molecule has 0 aliphatic rings. The number of amides is 1. The summed E-state index contributed by atoms with van der Waals surface area (Å²) in [5.41, 5.74) is 2.17. The first-order valence-corrected chi connectivity index (χ1v) is 7.99. The number of nitrogens with zero attached hydrogens (tertiary/aromatic N) is 3. The van der Waals surface area contributed by atoms with Gasteiger partial charge < -0.3 is 10.2 Å². The smallest absolute Gasteiger partial charge is 0.261 e. The molecule has 0 atom stereocenters. The number of aromatic nitrogens is 2. The van der Waals surface area contributed by atoms with Crippen LogP contribution in [0, 0.1) is 6.92 Å². The number of rotatable bonds is 4. The Labute approximate surface area is 145 Å². The molecule has 128 valence electrons. The molecule has 0 spiro atoms. The van der Waals surface area contributed by atoms with E-state index in [2.05, 4.69) is 10.3 Å². The van der Waals surface area contributed by atoms with Gasteiger partial charge in [-0.05, 0) is 43.3 Å². The Bertz CT molecular complexity index is 975. The molecule has 1 amide bonds. The third-order valence-corrected chi connectivity index (χ3v) is 4.02. The summed E-state index contributed by atoms with van der Waals surface area (Å²) in [6, 6.07) is 14.7. The summed E-state index contributed by atoms with van der Waals surface area (Å²) < 4.78 is 1.39. The largest absolute Gasteiger partial charge is 0.378 e. The Morgan fingerprint density at radius 2 is 1.80 bits per heavy atom. The fourth-order valence-electron chi connectivity index (χ4n) is 2.65. The quantitative estimate of drug-likeness (QED) is 0.794. The van der Waals surface area contributed by atoms with Gasteiger partial charge in [0, 0.05) is 25.5 Å². The van der Waals surface area contributed by atoms with Crippen molar-refractivity contribution in [2.24, 2.45) is 0 Å². The van der Waals surface area contributed by atoms with Crippen molar-refractivity contribution >= 4 is 28.2 Å². The Balaban J connectivity index is 1.81. The lowest BCUT2D eigenvalue weighted by Crippen LogP contribution is -2.30. The number of carbonyl (C=O) groups is 1. The van der Waals surface area contributed by atoms with E-state index in [9.17, 15) is 9.59 Å². The van der Waals surface area contributed by atoms with E-state index >= 15 is 0 Å². The lowest BCUT2D eigenvalue weighted by molar-refractivity contribution is -0.116. The molecule has 6 heteroatoms. The summed E-state index contributed by atoms with van der Waals surface area (Å²) in [6.45, 7) is 1.66. The van der Waals surface area contributed by atoms with Crippen molar-refractivity contribution in [3.05, 3.63) is 64.7 Å². The molecular weight excluding hydrogens is 316 g/mol. The number of carbonyl (C=O) groups excluding carboxylic acids is 1. The molecule has 0 bridgehead atoms. The van der Waals surface area contributed by atoms with Gasteiger partial charge in [-0.3, -0.25) is 14.2 Å². The zero-order valence-electron chi connectivity index (χ0n) is 14.5. The van der Waals surface area contributed by atoms with E-state index < -0.39 is 0 Å². The van der Waals surface area contributed by atoms with Crippen LogP contribution in [-0.4, -0.2) is 29.6 Å². The molecule has 0 aliphatic carbocycles. The third-order valence-electron chi connectivity index (χ3n) is 4.02. The normalized spacial score (nSPS) is 10.7. The predicted molar refractivity (Wildman–Crippen MR) is 100 cm³/mol. The van der Waals surface area contributed by atoms with Gasteiger partial charge in [0.15, 0.2) is 0 Å². The molecule has 0 radical (unpaired) electrons. The number of benzene rings is 2. The number of hydrogen-bond donors (Lipinski definition) is 1. The molecule has 3 rings (SSSR count). The minimum Gasteiger partial charge on any atom is -0.378 e. The van der Waals surface area contributed by atoms with Crippen LogP contribution in [0.4, 0.5) is 11.4 Å². The van der Waals surface area contributed by atoms with Gasteiger partial charge in [-0.1, -0.05) is 12.1 Å². The minimum atomic E-state index is -0.264. The molecule has 2 aromatic carbocycles. The van der Waals surface area contributed by atoms with Crippen LogP contribution in [0.1, 0.15) is 5.82 Å². The maximum absolute atomic E-state index is 12.6. The fourth-order valence-corrected chi connectivity index (χ4v) is 2.65. The monoisotopic (exact) mass is 336 g/mol. The zero-order chi connectivity index (χ0) is 18.0. The maximum atomic E-state index is 12.6. The van der Waals surface area contributed by atoms with Gasteiger partial charge in [-0.15, -0.1) is 0 Å². The second-order valence-corrected chi connectivity index (χ2v) is 6.06. The van der Waals surface area contributed by atoms with Crippen molar-refractivity contribution in [1.82, 2.24) is 9.55 Å². The maximum Gasteiger partial charge on any atom is 0.261 e. The SMILES string of the molecule is Cc1nc2ccccc2c(=O)n1CC(=O)Nc1ccc(N(C)C)cc1. The van der Waals surface area contributed by atoms with Crippen molar-refractivity contribution in [3.8, 4) is 0 Å². The first-order valence-electron chi connectivity index (χ1n) is 7.99. The summed E-state index contributed by atoms with van der Waals surface area (Å²) in [5, 5.41) is 3.32. The molecule has 0 unspecified atom stereocenters. The van der Waals surface area contributed by atoms with Crippen LogP contribution >= 0.6 is 0 Å². The van der Waals surface area contributed by atoms with Gasteiger partial charge in [0.05, 0.1) is 10.9 Å². The summed E-state index contributed by atoms with van der Waals surface area (Å²) in [4.78, 5) is 31.3. The van der Waals surface area contributed by atoms with Crippen LogP contribution in [0.2, 0.25) is 0 Å². The number of nitrogens with one attached hydrogen (secondary N) is 1. The number of hydrogen-bond acceptors (Lipinski definition) is 4. The van der Waals surface area contributed by atoms with Gasteiger partial charge in [0.25, 0.3) is 5.56 Å². The Kier molecular flexibility index (Phi) is 4.52. The van der Waals surface area contributed by atoms with E-state index in [-0.39, 0.29) is 18.0 Å². The average molecular weight is 336 g/mol. The number of anilines is 2. The Morgan fingerprint density at radius 1 is 1.12 bits per heavy atom. The molecule has 1 heterocycles. The highest BCUT2D eigenvalue weighted by atomic mass is 16.2. The molecular formula is C19H20N4O2. The number of aryl methyl sites for hydroxylation is 1. The van der Waals surface area contributed by atoms with Gasteiger partial charge in [-0.25, -0.2) is 4.98 Å². The van der Waals surface area contributed by atoms with Gasteiger partial charge >= 0.3 is 0 Å². The molecule has 6 nitrogen and oxygen atoms in total. The zero-order valence-corrected chi connectivity index (χ0v) is 14.5. The Hall–Kier alpha value is -3.15. The Morgan fingerprint density at radius 3 is 2.48 bits per heavy atom. The predicted octanol–water partition coefficient (Wildman–Crippen LogP) is 2.41. The van der Waals surface area contributed by atoms with Crippen LogP contribution in [0.25, 0.3) is 10.9 Å². The van der Waals surface area contributed by atoms with Crippen LogP contribution in [0.5, 0.6) is 0 Å².